The highest BCUT2D eigenvalue weighted by molar-refractivity contribution is 5.63. The lowest BCUT2D eigenvalue weighted by atomic mass is 9.80. The van der Waals surface area contributed by atoms with Crippen molar-refractivity contribution in [2.24, 2.45) is 11.8 Å². The largest absolute Gasteiger partial charge is 0.198 e. The van der Waals surface area contributed by atoms with Crippen LogP contribution in [0, 0.1) is 23.2 Å². The molecule has 1 aliphatic carbocycles. The van der Waals surface area contributed by atoms with E-state index in [1.807, 2.05) is 0 Å². The van der Waals surface area contributed by atoms with Gasteiger partial charge >= 0.3 is 0 Å². The van der Waals surface area contributed by atoms with Gasteiger partial charge in [0.1, 0.15) is 0 Å². The van der Waals surface area contributed by atoms with Crippen molar-refractivity contribution in [1.29, 1.82) is 5.26 Å². The second kappa shape index (κ2) is 10.3. The van der Waals surface area contributed by atoms with Crippen LogP contribution in [0.3, 0.4) is 0 Å². The first-order valence-electron chi connectivity index (χ1n) is 10.9. The topological polar surface area (TPSA) is 23.8 Å². The molecule has 27 heavy (non-hydrogen) atoms. The zero-order chi connectivity index (χ0) is 18.9. The van der Waals surface area contributed by atoms with Crippen molar-refractivity contribution in [2.75, 3.05) is 0 Å². The summed E-state index contributed by atoms with van der Waals surface area (Å²) in [7, 11) is 0. The van der Waals surface area contributed by atoms with Crippen LogP contribution in [0.5, 0.6) is 0 Å². The van der Waals surface area contributed by atoms with Crippen LogP contribution in [-0.4, -0.2) is 0 Å². The SMILES string of the molecule is CCCCCc1ccc(-c2ccc(CC[C@H]3CC[C@H](C#N)CC3)cc2)cc1. The van der Waals surface area contributed by atoms with Gasteiger partial charge in [0, 0.05) is 5.92 Å². The Morgan fingerprint density at radius 1 is 0.778 bits per heavy atom. The number of aryl methyl sites for hydroxylation is 2. The summed E-state index contributed by atoms with van der Waals surface area (Å²) in [6.45, 7) is 2.26. The molecule has 142 valence electrons. The molecule has 1 heteroatoms. The normalized spacial score (nSPS) is 19.6. The Morgan fingerprint density at radius 2 is 1.33 bits per heavy atom. The van der Waals surface area contributed by atoms with Crippen LogP contribution in [-0.2, 0) is 12.8 Å². The fourth-order valence-corrected chi connectivity index (χ4v) is 4.26. The van der Waals surface area contributed by atoms with Gasteiger partial charge in [0.05, 0.1) is 6.07 Å². The number of nitrogens with zero attached hydrogens (tertiary/aromatic N) is 1. The van der Waals surface area contributed by atoms with Crippen LogP contribution < -0.4 is 0 Å². The Labute approximate surface area is 165 Å². The summed E-state index contributed by atoms with van der Waals surface area (Å²) >= 11 is 0. The molecule has 1 fully saturated rings. The molecule has 0 N–H and O–H groups in total. The monoisotopic (exact) mass is 359 g/mol. The average Bonchev–Trinajstić information content (AvgIpc) is 2.74. The van der Waals surface area contributed by atoms with Gasteiger partial charge in [-0.1, -0.05) is 68.3 Å². The van der Waals surface area contributed by atoms with Crippen LogP contribution in [0.2, 0.25) is 0 Å². The molecule has 2 aromatic rings. The van der Waals surface area contributed by atoms with Crippen molar-refractivity contribution in [3.63, 3.8) is 0 Å². The third-order valence-corrected chi connectivity index (χ3v) is 6.18. The lowest BCUT2D eigenvalue weighted by molar-refractivity contribution is 0.300. The number of rotatable bonds is 8. The zero-order valence-corrected chi connectivity index (χ0v) is 16.8. The Kier molecular flexibility index (Phi) is 7.52. The Balaban J connectivity index is 1.49. The third kappa shape index (κ3) is 5.96. The van der Waals surface area contributed by atoms with E-state index in [0.29, 0.717) is 5.92 Å². The molecule has 0 atom stereocenters. The van der Waals surface area contributed by atoms with Crippen LogP contribution in [0.25, 0.3) is 11.1 Å². The fourth-order valence-electron chi connectivity index (χ4n) is 4.26. The Hall–Kier alpha value is -2.07. The van der Waals surface area contributed by atoms with Crippen LogP contribution in [0.1, 0.15) is 69.4 Å². The average molecular weight is 360 g/mol. The van der Waals surface area contributed by atoms with Gasteiger partial charge < -0.3 is 0 Å². The van der Waals surface area contributed by atoms with Crippen molar-refractivity contribution in [3.05, 3.63) is 59.7 Å². The molecule has 0 bridgehead atoms. The van der Waals surface area contributed by atoms with Gasteiger partial charge in [0.2, 0.25) is 0 Å². The first-order valence-corrected chi connectivity index (χ1v) is 10.9. The lowest BCUT2D eigenvalue weighted by Gasteiger charge is -2.24. The first kappa shape index (κ1) is 19.7. The maximum Gasteiger partial charge on any atom is 0.0655 e. The van der Waals surface area contributed by atoms with Crippen molar-refractivity contribution in [2.45, 2.75) is 71.1 Å². The highest BCUT2D eigenvalue weighted by atomic mass is 14.3. The molecule has 0 aliphatic heterocycles. The predicted molar refractivity (Wildman–Crippen MR) is 114 cm³/mol. The van der Waals surface area contributed by atoms with E-state index in [1.54, 1.807) is 0 Å². The van der Waals surface area contributed by atoms with E-state index in [-0.39, 0.29) is 0 Å². The number of hydrogen-bond donors (Lipinski definition) is 0. The summed E-state index contributed by atoms with van der Waals surface area (Å²) in [5, 5.41) is 9.02. The maximum absolute atomic E-state index is 9.02. The van der Waals surface area contributed by atoms with E-state index in [0.717, 1.165) is 18.8 Å². The Bertz CT molecular complexity index is 712. The van der Waals surface area contributed by atoms with E-state index < -0.39 is 0 Å². The predicted octanol–water partition coefficient (Wildman–Crippen LogP) is 7.35. The number of hydrogen-bond acceptors (Lipinski definition) is 1. The minimum Gasteiger partial charge on any atom is -0.198 e. The quantitative estimate of drug-likeness (QED) is 0.452. The molecule has 1 nitrogen and oxygen atoms in total. The lowest BCUT2D eigenvalue weighted by Crippen LogP contribution is -2.13. The number of nitriles is 1. The van der Waals surface area contributed by atoms with Gasteiger partial charge in [-0.15, -0.1) is 0 Å². The van der Waals surface area contributed by atoms with Gasteiger partial charge in [-0.2, -0.15) is 5.26 Å². The zero-order valence-electron chi connectivity index (χ0n) is 16.8. The molecule has 0 radical (unpaired) electrons. The molecule has 0 unspecified atom stereocenters. The van der Waals surface area contributed by atoms with Gasteiger partial charge in [0.15, 0.2) is 0 Å². The first-order chi connectivity index (χ1) is 13.3. The third-order valence-electron chi connectivity index (χ3n) is 6.18. The van der Waals surface area contributed by atoms with Crippen molar-refractivity contribution >= 4 is 0 Å². The van der Waals surface area contributed by atoms with Crippen molar-refractivity contribution in [3.8, 4) is 17.2 Å². The van der Waals surface area contributed by atoms with Gasteiger partial charge in [-0.25, -0.2) is 0 Å². The molecular weight excluding hydrogens is 326 g/mol. The number of benzene rings is 2. The summed E-state index contributed by atoms with van der Waals surface area (Å²) < 4.78 is 0. The van der Waals surface area contributed by atoms with E-state index in [1.165, 1.54) is 73.6 Å². The molecule has 0 aromatic heterocycles. The molecule has 0 saturated heterocycles. The van der Waals surface area contributed by atoms with Crippen LogP contribution >= 0.6 is 0 Å². The summed E-state index contributed by atoms with van der Waals surface area (Å²) in [5.74, 6) is 1.13. The number of unbranched alkanes of at least 4 members (excludes halogenated alkanes) is 2. The molecule has 0 amide bonds. The van der Waals surface area contributed by atoms with Gasteiger partial charge in [0.25, 0.3) is 0 Å². The molecule has 0 spiro atoms. The summed E-state index contributed by atoms with van der Waals surface area (Å²) in [4.78, 5) is 0. The van der Waals surface area contributed by atoms with Gasteiger partial charge in [-0.05, 0) is 79.5 Å². The van der Waals surface area contributed by atoms with E-state index in [4.69, 9.17) is 5.26 Å². The van der Waals surface area contributed by atoms with Crippen LogP contribution in [0.15, 0.2) is 48.5 Å². The van der Waals surface area contributed by atoms with Crippen molar-refractivity contribution in [1.82, 2.24) is 0 Å². The minimum atomic E-state index is 0.318. The van der Waals surface area contributed by atoms with Gasteiger partial charge in [-0.3, -0.25) is 0 Å². The molecule has 3 rings (SSSR count). The van der Waals surface area contributed by atoms with E-state index in [9.17, 15) is 0 Å². The maximum atomic E-state index is 9.02. The summed E-state index contributed by atoms with van der Waals surface area (Å²) in [6, 6.07) is 20.7. The van der Waals surface area contributed by atoms with E-state index >= 15 is 0 Å². The second-order valence-corrected chi connectivity index (χ2v) is 8.24. The van der Waals surface area contributed by atoms with E-state index in [2.05, 4.69) is 61.5 Å². The minimum absolute atomic E-state index is 0.318. The standard InChI is InChI=1S/C26H33N/c1-2-3-4-5-21-12-16-25(17-13-21)26-18-14-23(15-19-26)7-6-22-8-10-24(20-27)11-9-22/h12-19,22,24H,2-11H2,1H3/t22-,24-. The fraction of sp³-hybridized carbons (Fsp3) is 0.500. The Morgan fingerprint density at radius 3 is 1.85 bits per heavy atom. The molecule has 1 saturated carbocycles. The summed E-state index contributed by atoms with van der Waals surface area (Å²) in [6.07, 6.45) is 12.2. The summed E-state index contributed by atoms with van der Waals surface area (Å²) in [5.41, 5.74) is 5.52. The van der Waals surface area contributed by atoms with Crippen LogP contribution in [0.4, 0.5) is 0 Å². The molecule has 2 aromatic carbocycles. The highest BCUT2D eigenvalue weighted by Crippen LogP contribution is 2.31. The smallest absolute Gasteiger partial charge is 0.0655 e. The van der Waals surface area contributed by atoms with Crippen molar-refractivity contribution < 1.29 is 0 Å². The molecular formula is C26H33N. The molecule has 0 heterocycles. The molecule has 1 aliphatic rings. The second-order valence-electron chi connectivity index (χ2n) is 8.24. The highest BCUT2D eigenvalue weighted by Gasteiger charge is 2.20.